The van der Waals surface area contributed by atoms with E-state index in [9.17, 15) is 0 Å². The molecule has 1 unspecified atom stereocenters. The zero-order valence-corrected chi connectivity index (χ0v) is 8.76. The molecule has 66 valence electrons. The van der Waals surface area contributed by atoms with E-state index in [0.717, 1.165) is 12.2 Å². The molecule has 12 heavy (non-hydrogen) atoms. The molecule has 1 aromatic rings. The van der Waals surface area contributed by atoms with E-state index in [1.54, 1.807) is 0 Å². The van der Waals surface area contributed by atoms with Crippen LogP contribution < -0.4 is 0 Å². The van der Waals surface area contributed by atoms with Crippen LogP contribution >= 0.6 is 15.9 Å². The number of alkyl halides is 1. The average Bonchev–Trinajstić information content (AvgIpc) is 2.63. The van der Waals surface area contributed by atoms with Crippen LogP contribution in [0.15, 0.2) is 12.4 Å². The van der Waals surface area contributed by atoms with Gasteiger partial charge in [-0.05, 0) is 18.3 Å². The van der Waals surface area contributed by atoms with Crippen molar-refractivity contribution in [3.63, 3.8) is 0 Å². The summed E-state index contributed by atoms with van der Waals surface area (Å²) in [7, 11) is 0. The first-order valence-electron chi connectivity index (χ1n) is 4.33. The van der Waals surface area contributed by atoms with E-state index in [2.05, 4.69) is 32.8 Å². The Balaban J connectivity index is 1.95. The number of halogens is 1. The molecular formula is C9H13BrN2. The third kappa shape index (κ3) is 1.56. The van der Waals surface area contributed by atoms with Gasteiger partial charge in [-0.1, -0.05) is 22.9 Å². The van der Waals surface area contributed by atoms with Crippen molar-refractivity contribution in [3.8, 4) is 0 Å². The Kier molecular flexibility index (Phi) is 1.99. The molecule has 0 aromatic carbocycles. The lowest BCUT2D eigenvalue weighted by Crippen LogP contribution is -2.15. The Morgan fingerprint density at radius 2 is 2.50 bits per heavy atom. The molecule has 3 heteroatoms. The zero-order valence-electron chi connectivity index (χ0n) is 7.18. The molecule has 0 aliphatic heterocycles. The number of nitrogens with zero attached hydrogens (tertiary/aromatic N) is 1. The average molecular weight is 229 g/mol. The minimum atomic E-state index is 0.535. The van der Waals surface area contributed by atoms with E-state index in [4.69, 9.17) is 0 Å². The first kappa shape index (κ1) is 8.30. The number of hydrogen-bond acceptors (Lipinski definition) is 1. The Morgan fingerprint density at radius 1 is 1.75 bits per heavy atom. The van der Waals surface area contributed by atoms with E-state index in [0.29, 0.717) is 10.2 Å². The number of rotatable bonds is 3. The van der Waals surface area contributed by atoms with Gasteiger partial charge in [0, 0.05) is 23.6 Å². The summed E-state index contributed by atoms with van der Waals surface area (Å²) < 4.78 is 0. The van der Waals surface area contributed by atoms with Crippen LogP contribution in [-0.4, -0.2) is 14.8 Å². The lowest BCUT2D eigenvalue weighted by atomic mass is 10.0. The van der Waals surface area contributed by atoms with E-state index in [-0.39, 0.29) is 0 Å². The summed E-state index contributed by atoms with van der Waals surface area (Å²) in [6.07, 6.45) is 7.41. The summed E-state index contributed by atoms with van der Waals surface area (Å²) >= 11 is 3.72. The summed E-state index contributed by atoms with van der Waals surface area (Å²) in [5.41, 5.74) is 0.535. The number of imidazole rings is 1. The van der Waals surface area contributed by atoms with E-state index in [1.165, 1.54) is 12.8 Å². The fraction of sp³-hybridized carbons (Fsp3) is 0.667. The predicted molar refractivity (Wildman–Crippen MR) is 52.3 cm³/mol. The van der Waals surface area contributed by atoms with E-state index >= 15 is 0 Å². The minimum Gasteiger partial charge on any atom is -0.349 e. The smallest absolute Gasteiger partial charge is 0.107 e. The van der Waals surface area contributed by atoms with Crippen LogP contribution in [0.3, 0.4) is 0 Å². The van der Waals surface area contributed by atoms with Crippen LogP contribution in [-0.2, 0) is 6.42 Å². The molecule has 1 fully saturated rings. The van der Waals surface area contributed by atoms with Gasteiger partial charge in [-0.3, -0.25) is 0 Å². The maximum atomic E-state index is 4.21. The molecule has 1 aliphatic carbocycles. The van der Waals surface area contributed by atoms with Crippen LogP contribution in [0.2, 0.25) is 0 Å². The molecule has 1 aliphatic rings. The second-order valence-corrected chi connectivity index (χ2v) is 4.97. The highest BCUT2D eigenvalue weighted by atomic mass is 79.9. The van der Waals surface area contributed by atoms with Gasteiger partial charge >= 0.3 is 0 Å². The Morgan fingerprint density at radius 3 is 3.00 bits per heavy atom. The van der Waals surface area contributed by atoms with Gasteiger partial charge < -0.3 is 4.98 Å². The van der Waals surface area contributed by atoms with Crippen LogP contribution in [0.5, 0.6) is 0 Å². The molecule has 1 atom stereocenters. The molecule has 1 N–H and O–H groups in total. The molecule has 1 saturated carbocycles. The van der Waals surface area contributed by atoms with Crippen LogP contribution in [0.25, 0.3) is 0 Å². The molecule has 0 spiro atoms. The van der Waals surface area contributed by atoms with Crippen molar-refractivity contribution in [2.75, 3.05) is 0 Å². The Hall–Kier alpha value is -0.310. The molecule has 0 bridgehead atoms. The molecule has 0 saturated heterocycles. The largest absolute Gasteiger partial charge is 0.349 e. The van der Waals surface area contributed by atoms with Gasteiger partial charge in [0.15, 0.2) is 0 Å². The van der Waals surface area contributed by atoms with Gasteiger partial charge in [0.05, 0.1) is 0 Å². The van der Waals surface area contributed by atoms with E-state index < -0.39 is 0 Å². The van der Waals surface area contributed by atoms with Crippen molar-refractivity contribution in [1.82, 2.24) is 9.97 Å². The third-order valence-electron chi connectivity index (χ3n) is 2.72. The summed E-state index contributed by atoms with van der Waals surface area (Å²) in [4.78, 5) is 7.92. The summed E-state index contributed by atoms with van der Waals surface area (Å²) in [6, 6.07) is 0. The van der Waals surface area contributed by atoms with Gasteiger partial charge in [0.1, 0.15) is 5.82 Å². The normalized spacial score (nSPS) is 22.2. The van der Waals surface area contributed by atoms with Crippen molar-refractivity contribution in [3.05, 3.63) is 18.2 Å². The van der Waals surface area contributed by atoms with Crippen molar-refractivity contribution in [2.45, 2.75) is 31.0 Å². The standard InChI is InChI=1S/C9H13BrN2/c1-9(2-3-9)7(10)6-8-11-4-5-12-8/h4-5,7H,2-3,6H2,1H3,(H,11,12). The van der Waals surface area contributed by atoms with Gasteiger partial charge in [-0.25, -0.2) is 4.98 Å². The molecule has 1 heterocycles. The molecule has 0 radical (unpaired) electrons. The highest BCUT2D eigenvalue weighted by Crippen LogP contribution is 2.51. The van der Waals surface area contributed by atoms with Gasteiger partial charge in [0.25, 0.3) is 0 Å². The van der Waals surface area contributed by atoms with Gasteiger partial charge in [-0.2, -0.15) is 0 Å². The zero-order chi connectivity index (χ0) is 8.60. The van der Waals surface area contributed by atoms with Crippen molar-refractivity contribution < 1.29 is 0 Å². The number of hydrogen-bond donors (Lipinski definition) is 1. The Labute approximate surface area is 80.9 Å². The van der Waals surface area contributed by atoms with Crippen molar-refractivity contribution in [1.29, 1.82) is 0 Å². The molecule has 2 rings (SSSR count). The minimum absolute atomic E-state index is 0.535. The maximum absolute atomic E-state index is 4.21. The lowest BCUT2D eigenvalue weighted by molar-refractivity contribution is 0.536. The lowest BCUT2D eigenvalue weighted by Gasteiger charge is -2.14. The molecule has 0 amide bonds. The maximum Gasteiger partial charge on any atom is 0.107 e. The summed E-state index contributed by atoms with van der Waals surface area (Å²) in [5, 5.41) is 0. The van der Waals surface area contributed by atoms with Crippen molar-refractivity contribution >= 4 is 15.9 Å². The summed E-state index contributed by atoms with van der Waals surface area (Å²) in [5.74, 6) is 1.09. The SMILES string of the molecule is CC1(C(Br)Cc2ncc[nH]2)CC1. The second-order valence-electron chi connectivity index (χ2n) is 3.86. The van der Waals surface area contributed by atoms with Gasteiger partial charge in [0.2, 0.25) is 0 Å². The monoisotopic (exact) mass is 228 g/mol. The predicted octanol–water partition coefficient (Wildman–Crippen LogP) is 2.52. The van der Waals surface area contributed by atoms with Crippen molar-refractivity contribution in [2.24, 2.45) is 5.41 Å². The topological polar surface area (TPSA) is 28.7 Å². The number of aromatic nitrogens is 2. The second kappa shape index (κ2) is 2.87. The highest BCUT2D eigenvalue weighted by Gasteiger charge is 2.43. The highest BCUT2D eigenvalue weighted by molar-refractivity contribution is 9.09. The molecular weight excluding hydrogens is 216 g/mol. The molecule has 1 aromatic heterocycles. The fourth-order valence-corrected chi connectivity index (χ4v) is 2.10. The quantitative estimate of drug-likeness (QED) is 0.792. The summed E-state index contributed by atoms with van der Waals surface area (Å²) in [6.45, 7) is 2.33. The number of nitrogens with one attached hydrogen (secondary N) is 1. The number of aromatic amines is 1. The molecule has 2 nitrogen and oxygen atoms in total. The first-order valence-corrected chi connectivity index (χ1v) is 5.25. The van der Waals surface area contributed by atoms with Crippen LogP contribution in [0.1, 0.15) is 25.6 Å². The van der Waals surface area contributed by atoms with E-state index in [1.807, 2.05) is 12.4 Å². The van der Waals surface area contributed by atoms with Crippen LogP contribution in [0.4, 0.5) is 0 Å². The first-order chi connectivity index (χ1) is 5.71. The fourth-order valence-electron chi connectivity index (χ4n) is 1.34. The number of H-pyrrole nitrogens is 1. The Bertz CT molecular complexity index is 252. The van der Waals surface area contributed by atoms with Gasteiger partial charge in [-0.15, -0.1) is 0 Å². The van der Waals surface area contributed by atoms with Crippen LogP contribution in [0, 0.1) is 5.41 Å². The third-order valence-corrected chi connectivity index (χ3v) is 4.15.